The van der Waals surface area contributed by atoms with Crippen LogP contribution >= 0.6 is 0 Å². The van der Waals surface area contributed by atoms with Crippen molar-refractivity contribution in [2.45, 2.75) is 40.2 Å². The minimum absolute atomic E-state index is 0.0176. The Kier molecular flexibility index (Phi) is 5.70. The largest absolute Gasteiger partial charge is 0.478 e. The molecular weight excluding hydrogens is 266 g/mol. The summed E-state index contributed by atoms with van der Waals surface area (Å²) in [6, 6.07) is 7.35. The number of carbonyl (C=O) groups is 2. The van der Waals surface area contributed by atoms with Gasteiger partial charge < -0.3 is 10.4 Å². The van der Waals surface area contributed by atoms with Crippen LogP contribution in [0.4, 0.5) is 0 Å². The number of nitrogens with one attached hydrogen (secondary N) is 1. The number of rotatable bonds is 6. The summed E-state index contributed by atoms with van der Waals surface area (Å²) in [6.07, 6.45) is 3.41. The summed E-state index contributed by atoms with van der Waals surface area (Å²) in [5.41, 5.74) is 1.35. The summed E-state index contributed by atoms with van der Waals surface area (Å²) in [5, 5.41) is 11.6. The highest BCUT2D eigenvalue weighted by Crippen LogP contribution is 2.22. The van der Waals surface area contributed by atoms with E-state index in [4.69, 9.17) is 5.11 Å². The molecular formula is C17H23NO3. The summed E-state index contributed by atoms with van der Waals surface area (Å²) in [4.78, 5) is 22.7. The number of amides is 1. The van der Waals surface area contributed by atoms with E-state index in [1.54, 1.807) is 0 Å². The van der Waals surface area contributed by atoms with Gasteiger partial charge in [-0.05, 0) is 36.6 Å². The predicted octanol–water partition coefficient (Wildman–Crippen LogP) is 3.40. The fourth-order valence-electron chi connectivity index (χ4n) is 1.74. The van der Waals surface area contributed by atoms with Crippen LogP contribution in [0.25, 0.3) is 6.08 Å². The van der Waals surface area contributed by atoms with Crippen molar-refractivity contribution in [3.8, 4) is 0 Å². The lowest BCUT2D eigenvalue weighted by molar-refractivity contribution is -0.131. The molecule has 0 aliphatic carbocycles. The van der Waals surface area contributed by atoms with Crippen LogP contribution in [0.5, 0.6) is 0 Å². The lowest BCUT2D eigenvalue weighted by Crippen LogP contribution is -2.37. The SMILES string of the molecule is CCC(C)(C)C(=O)NC(C)c1cccc(C=CC(=O)O)c1. The van der Waals surface area contributed by atoms with Crippen molar-refractivity contribution in [3.63, 3.8) is 0 Å². The fraction of sp³-hybridized carbons (Fsp3) is 0.412. The maximum Gasteiger partial charge on any atom is 0.328 e. The van der Waals surface area contributed by atoms with E-state index in [0.29, 0.717) is 0 Å². The third-order valence-corrected chi connectivity index (χ3v) is 3.68. The number of carboxylic acids is 1. The number of benzene rings is 1. The first-order valence-electron chi connectivity index (χ1n) is 7.08. The smallest absolute Gasteiger partial charge is 0.328 e. The van der Waals surface area contributed by atoms with Crippen molar-refractivity contribution >= 4 is 18.0 Å². The topological polar surface area (TPSA) is 66.4 Å². The summed E-state index contributed by atoms with van der Waals surface area (Å²) in [7, 11) is 0. The average molecular weight is 289 g/mol. The van der Waals surface area contributed by atoms with Gasteiger partial charge in [0.15, 0.2) is 0 Å². The maximum absolute atomic E-state index is 12.2. The van der Waals surface area contributed by atoms with E-state index in [2.05, 4.69) is 5.32 Å². The van der Waals surface area contributed by atoms with Crippen molar-refractivity contribution < 1.29 is 14.7 Å². The third-order valence-electron chi connectivity index (χ3n) is 3.68. The Bertz CT molecular complexity index is 547. The molecule has 4 heteroatoms. The van der Waals surface area contributed by atoms with Gasteiger partial charge in [-0.1, -0.05) is 39.0 Å². The van der Waals surface area contributed by atoms with Gasteiger partial charge in [0.05, 0.1) is 6.04 Å². The number of carboxylic acid groups (broad SMARTS) is 1. The normalized spacial score (nSPS) is 13.1. The highest BCUT2D eigenvalue weighted by Gasteiger charge is 2.26. The van der Waals surface area contributed by atoms with Gasteiger partial charge in [0.25, 0.3) is 0 Å². The van der Waals surface area contributed by atoms with Gasteiger partial charge >= 0.3 is 5.97 Å². The molecule has 0 heterocycles. The second-order valence-corrected chi connectivity index (χ2v) is 5.77. The van der Waals surface area contributed by atoms with Gasteiger partial charge in [-0.15, -0.1) is 0 Å². The van der Waals surface area contributed by atoms with Gasteiger partial charge in [0, 0.05) is 11.5 Å². The average Bonchev–Trinajstić information content (AvgIpc) is 2.45. The van der Waals surface area contributed by atoms with Gasteiger partial charge in [-0.25, -0.2) is 4.79 Å². The Balaban J connectivity index is 2.84. The second-order valence-electron chi connectivity index (χ2n) is 5.77. The van der Waals surface area contributed by atoms with E-state index >= 15 is 0 Å². The first-order chi connectivity index (χ1) is 9.76. The van der Waals surface area contributed by atoms with Crippen LogP contribution in [-0.2, 0) is 9.59 Å². The van der Waals surface area contributed by atoms with E-state index in [9.17, 15) is 9.59 Å². The molecule has 0 fully saturated rings. The Morgan fingerprint density at radius 3 is 2.62 bits per heavy atom. The quantitative estimate of drug-likeness (QED) is 0.789. The molecule has 21 heavy (non-hydrogen) atoms. The zero-order valence-electron chi connectivity index (χ0n) is 13.0. The zero-order chi connectivity index (χ0) is 16.0. The molecule has 1 unspecified atom stereocenters. The van der Waals surface area contributed by atoms with Gasteiger partial charge in [-0.3, -0.25) is 4.79 Å². The van der Waals surface area contributed by atoms with E-state index in [1.807, 2.05) is 52.0 Å². The minimum Gasteiger partial charge on any atom is -0.478 e. The molecule has 0 aliphatic heterocycles. The highest BCUT2D eigenvalue weighted by atomic mass is 16.4. The number of carbonyl (C=O) groups excluding carboxylic acids is 1. The third kappa shape index (κ3) is 5.06. The van der Waals surface area contributed by atoms with Gasteiger partial charge in [0.1, 0.15) is 0 Å². The van der Waals surface area contributed by atoms with Crippen molar-refractivity contribution in [1.29, 1.82) is 0 Å². The van der Waals surface area contributed by atoms with Gasteiger partial charge in [0.2, 0.25) is 5.91 Å². The van der Waals surface area contributed by atoms with Crippen LogP contribution in [0.3, 0.4) is 0 Å². The van der Waals surface area contributed by atoms with Crippen LogP contribution < -0.4 is 5.32 Å². The van der Waals surface area contributed by atoms with E-state index in [1.165, 1.54) is 6.08 Å². The monoisotopic (exact) mass is 289 g/mol. The lowest BCUT2D eigenvalue weighted by Gasteiger charge is -2.25. The molecule has 1 aromatic carbocycles. The highest BCUT2D eigenvalue weighted by molar-refractivity contribution is 5.85. The second kappa shape index (κ2) is 7.07. The number of hydrogen-bond donors (Lipinski definition) is 2. The van der Waals surface area contributed by atoms with Gasteiger partial charge in [-0.2, -0.15) is 0 Å². The Morgan fingerprint density at radius 2 is 2.05 bits per heavy atom. The standard InChI is InChI=1S/C17H23NO3/c1-5-17(3,4)16(21)18-12(2)14-8-6-7-13(11-14)9-10-15(19)20/h6-12H,5H2,1-4H3,(H,18,21)(H,19,20). The molecule has 0 radical (unpaired) electrons. The summed E-state index contributed by atoms with van der Waals surface area (Å²) >= 11 is 0. The molecule has 1 atom stereocenters. The molecule has 0 aliphatic rings. The molecule has 4 nitrogen and oxygen atoms in total. The Morgan fingerprint density at radius 1 is 1.38 bits per heavy atom. The number of hydrogen-bond acceptors (Lipinski definition) is 2. The molecule has 0 bridgehead atoms. The molecule has 1 aromatic rings. The maximum atomic E-state index is 12.2. The van der Waals surface area contributed by atoms with E-state index < -0.39 is 11.4 Å². The van der Waals surface area contributed by atoms with Crippen molar-refractivity contribution in [3.05, 3.63) is 41.5 Å². The number of aliphatic carboxylic acids is 1. The molecule has 2 N–H and O–H groups in total. The molecule has 0 saturated carbocycles. The summed E-state index contributed by atoms with van der Waals surface area (Å²) < 4.78 is 0. The van der Waals surface area contributed by atoms with Crippen molar-refractivity contribution in [1.82, 2.24) is 5.32 Å². The molecule has 114 valence electrons. The molecule has 1 rings (SSSR count). The summed E-state index contributed by atoms with van der Waals surface area (Å²) in [6.45, 7) is 7.74. The van der Waals surface area contributed by atoms with Crippen LogP contribution in [0, 0.1) is 5.41 Å². The predicted molar refractivity (Wildman–Crippen MR) is 83.7 cm³/mol. The molecule has 0 aromatic heterocycles. The zero-order valence-corrected chi connectivity index (χ0v) is 13.0. The minimum atomic E-state index is -0.980. The van der Waals surface area contributed by atoms with Crippen molar-refractivity contribution in [2.75, 3.05) is 0 Å². The van der Waals surface area contributed by atoms with E-state index in [0.717, 1.165) is 23.6 Å². The van der Waals surface area contributed by atoms with Crippen LogP contribution in [0.2, 0.25) is 0 Å². The Labute approximate surface area is 125 Å². The molecule has 0 spiro atoms. The fourth-order valence-corrected chi connectivity index (χ4v) is 1.74. The van der Waals surface area contributed by atoms with E-state index in [-0.39, 0.29) is 11.9 Å². The first-order valence-corrected chi connectivity index (χ1v) is 7.08. The first kappa shape index (κ1) is 17.0. The van der Waals surface area contributed by atoms with Crippen LogP contribution in [0.15, 0.2) is 30.3 Å². The lowest BCUT2D eigenvalue weighted by atomic mass is 9.88. The molecule has 0 saturated heterocycles. The van der Waals surface area contributed by atoms with Crippen LogP contribution in [0.1, 0.15) is 51.3 Å². The van der Waals surface area contributed by atoms with Crippen molar-refractivity contribution in [2.24, 2.45) is 5.41 Å². The summed E-state index contributed by atoms with van der Waals surface area (Å²) in [5.74, 6) is -0.963. The molecule has 1 amide bonds. The Hall–Kier alpha value is -2.10. The van der Waals surface area contributed by atoms with Crippen LogP contribution in [-0.4, -0.2) is 17.0 Å².